The average Bonchev–Trinajstić information content (AvgIpc) is 3.19. The lowest BCUT2D eigenvalue weighted by atomic mass is 10.2. The van der Waals surface area contributed by atoms with Crippen molar-refractivity contribution >= 4 is 5.97 Å². The van der Waals surface area contributed by atoms with Crippen LogP contribution in [0.1, 0.15) is 24.6 Å². The van der Waals surface area contributed by atoms with Crippen molar-refractivity contribution in [2.45, 2.75) is 25.2 Å². The molecule has 2 N–H and O–H groups in total. The van der Waals surface area contributed by atoms with Crippen molar-refractivity contribution in [3.8, 4) is 5.75 Å². The van der Waals surface area contributed by atoms with Crippen LogP contribution in [-0.2, 0) is 9.53 Å². The summed E-state index contributed by atoms with van der Waals surface area (Å²) < 4.78 is 46.1. The van der Waals surface area contributed by atoms with Crippen LogP contribution in [0.5, 0.6) is 5.75 Å². The average molecular weight is 289 g/mol. The van der Waals surface area contributed by atoms with Crippen molar-refractivity contribution < 1.29 is 27.4 Å². The summed E-state index contributed by atoms with van der Waals surface area (Å²) in [6.45, 7) is 0.483. The fourth-order valence-corrected chi connectivity index (χ4v) is 1.58. The molecule has 0 bridgehead atoms. The monoisotopic (exact) mass is 289 g/mol. The van der Waals surface area contributed by atoms with E-state index >= 15 is 0 Å². The van der Waals surface area contributed by atoms with E-state index in [1.807, 2.05) is 0 Å². The molecule has 1 aliphatic carbocycles. The zero-order chi connectivity index (χ0) is 14.8. The van der Waals surface area contributed by atoms with Gasteiger partial charge in [-0.05, 0) is 24.8 Å². The minimum Gasteiger partial charge on any atom is -0.493 e. The lowest BCUT2D eigenvalue weighted by molar-refractivity contribution is -0.205. The summed E-state index contributed by atoms with van der Waals surface area (Å²) in [6, 6.07) is 6.31. The van der Waals surface area contributed by atoms with E-state index in [0.29, 0.717) is 18.3 Å². The van der Waals surface area contributed by atoms with Gasteiger partial charge in [-0.2, -0.15) is 13.2 Å². The summed E-state index contributed by atoms with van der Waals surface area (Å²) in [5.74, 6) is -1.50. The van der Waals surface area contributed by atoms with Crippen LogP contribution in [0.15, 0.2) is 24.3 Å². The third-order valence-electron chi connectivity index (χ3n) is 2.86. The molecule has 1 aromatic rings. The summed E-state index contributed by atoms with van der Waals surface area (Å²) in [5.41, 5.74) is 5.71. The first-order chi connectivity index (χ1) is 9.38. The van der Waals surface area contributed by atoms with Crippen LogP contribution in [0.25, 0.3) is 0 Å². The number of benzene rings is 1. The molecule has 0 heterocycles. The SMILES string of the molecule is NC(OC(=O)C(F)(F)F)c1ccccc1OCC1CC1. The first-order valence-corrected chi connectivity index (χ1v) is 6.13. The molecule has 110 valence electrons. The van der Waals surface area contributed by atoms with Crippen LogP contribution >= 0.6 is 0 Å². The molecule has 1 atom stereocenters. The molecule has 1 saturated carbocycles. The zero-order valence-electron chi connectivity index (χ0n) is 10.5. The molecule has 1 aliphatic rings. The Kier molecular flexibility index (Phi) is 4.17. The molecule has 1 unspecified atom stereocenters. The van der Waals surface area contributed by atoms with Gasteiger partial charge < -0.3 is 9.47 Å². The van der Waals surface area contributed by atoms with Gasteiger partial charge in [0.1, 0.15) is 5.75 Å². The quantitative estimate of drug-likeness (QED) is 0.668. The molecule has 1 aromatic carbocycles. The lowest BCUT2D eigenvalue weighted by Crippen LogP contribution is -2.30. The van der Waals surface area contributed by atoms with Gasteiger partial charge in [0, 0.05) is 5.56 Å². The van der Waals surface area contributed by atoms with E-state index < -0.39 is 18.4 Å². The van der Waals surface area contributed by atoms with E-state index in [-0.39, 0.29) is 5.56 Å². The van der Waals surface area contributed by atoms with E-state index in [1.54, 1.807) is 18.2 Å². The maximum absolute atomic E-state index is 12.1. The second-order valence-electron chi connectivity index (χ2n) is 4.62. The predicted octanol–water partition coefficient (Wildman–Crippen LogP) is 2.54. The second-order valence-corrected chi connectivity index (χ2v) is 4.62. The summed E-state index contributed by atoms with van der Waals surface area (Å²) >= 11 is 0. The van der Waals surface area contributed by atoms with Gasteiger partial charge in [-0.25, -0.2) is 4.79 Å². The Balaban J connectivity index is 2.04. The summed E-state index contributed by atoms with van der Waals surface area (Å²) in [4.78, 5) is 10.8. The normalized spacial score (nSPS) is 16.6. The number of ether oxygens (including phenoxy) is 2. The molecule has 20 heavy (non-hydrogen) atoms. The van der Waals surface area contributed by atoms with Crippen molar-refractivity contribution in [2.75, 3.05) is 6.61 Å². The van der Waals surface area contributed by atoms with Crippen LogP contribution in [0.4, 0.5) is 13.2 Å². The number of halogens is 3. The van der Waals surface area contributed by atoms with Gasteiger partial charge in [0.2, 0.25) is 0 Å². The van der Waals surface area contributed by atoms with Gasteiger partial charge in [-0.15, -0.1) is 0 Å². The zero-order valence-corrected chi connectivity index (χ0v) is 10.5. The highest BCUT2D eigenvalue weighted by Gasteiger charge is 2.42. The van der Waals surface area contributed by atoms with E-state index in [1.165, 1.54) is 6.07 Å². The first-order valence-electron chi connectivity index (χ1n) is 6.13. The van der Waals surface area contributed by atoms with Crippen molar-refractivity contribution in [2.24, 2.45) is 11.7 Å². The maximum Gasteiger partial charge on any atom is 0.490 e. The van der Waals surface area contributed by atoms with E-state index in [9.17, 15) is 18.0 Å². The number of hydrogen-bond acceptors (Lipinski definition) is 4. The minimum atomic E-state index is -5.07. The number of hydrogen-bond donors (Lipinski definition) is 1. The highest BCUT2D eigenvalue weighted by molar-refractivity contribution is 5.75. The topological polar surface area (TPSA) is 61.5 Å². The lowest BCUT2D eigenvalue weighted by Gasteiger charge is -2.18. The number of nitrogens with two attached hydrogens (primary N) is 1. The number of carbonyl (C=O) groups is 1. The van der Waals surface area contributed by atoms with Gasteiger partial charge in [0.15, 0.2) is 6.23 Å². The smallest absolute Gasteiger partial charge is 0.490 e. The van der Waals surface area contributed by atoms with Gasteiger partial charge in [0.05, 0.1) is 6.61 Å². The van der Waals surface area contributed by atoms with Crippen molar-refractivity contribution in [1.82, 2.24) is 0 Å². The Morgan fingerprint density at radius 3 is 2.60 bits per heavy atom. The Morgan fingerprint density at radius 2 is 2.00 bits per heavy atom. The fourth-order valence-electron chi connectivity index (χ4n) is 1.58. The number of carbonyl (C=O) groups excluding carboxylic acids is 1. The van der Waals surface area contributed by atoms with Crippen molar-refractivity contribution in [1.29, 1.82) is 0 Å². The minimum absolute atomic E-state index is 0.214. The standard InChI is InChI=1S/C13H14F3NO3/c14-13(15,16)12(18)20-11(17)9-3-1-2-4-10(9)19-7-8-5-6-8/h1-4,8,11H,5-7,17H2. The molecule has 2 rings (SSSR count). The van der Waals surface area contributed by atoms with Gasteiger partial charge in [-0.3, -0.25) is 5.73 Å². The van der Waals surface area contributed by atoms with Crippen LogP contribution in [-0.4, -0.2) is 18.8 Å². The molecule has 0 saturated heterocycles. The van der Waals surface area contributed by atoms with Crippen LogP contribution in [0.2, 0.25) is 0 Å². The van der Waals surface area contributed by atoms with Crippen LogP contribution in [0.3, 0.4) is 0 Å². The van der Waals surface area contributed by atoms with Crippen LogP contribution in [0, 0.1) is 5.92 Å². The highest BCUT2D eigenvalue weighted by Crippen LogP contribution is 2.32. The summed E-state index contributed by atoms with van der Waals surface area (Å²) in [6.07, 6.45) is -4.42. The third-order valence-corrected chi connectivity index (χ3v) is 2.86. The molecule has 0 aliphatic heterocycles. The first kappa shape index (κ1) is 14.6. The van der Waals surface area contributed by atoms with Gasteiger partial charge in [-0.1, -0.05) is 18.2 Å². The van der Waals surface area contributed by atoms with Crippen molar-refractivity contribution in [3.63, 3.8) is 0 Å². The van der Waals surface area contributed by atoms with Gasteiger partial charge >= 0.3 is 12.1 Å². The van der Waals surface area contributed by atoms with Crippen molar-refractivity contribution in [3.05, 3.63) is 29.8 Å². The summed E-state index contributed by atoms with van der Waals surface area (Å²) in [7, 11) is 0. The number of esters is 1. The maximum atomic E-state index is 12.1. The fraction of sp³-hybridized carbons (Fsp3) is 0.462. The molecule has 0 amide bonds. The third kappa shape index (κ3) is 3.86. The largest absolute Gasteiger partial charge is 0.493 e. The van der Waals surface area contributed by atoms with E-state index in [4.69, 9.17) is 10.5 Å². The number of para-hydroxylation sites is 1. The number of alkyl halides is 3. The molecule has 1 fully saturated rings. The molecule has 0 aromatic heterocycles. The molecular weight excluding hydrogens is 275 g/mol. The molecular formula is C13H14F3NO3. The Morgan fingerprint density at radius 1 is 1.35 bits per heavy atom. The Bertz CT molecular complexity index is 486. The van der Waals surface area contributed by atoms with E-state index in [2.05, 4.69) is 4.74 Å². The second kappa shape index (κ2) is 5.70. The Hall–Kier alpha value is -1.76. The van der Waals surface area contributed by atoms with E-state index in [0.717, 1.165) is 12.8 Å². The molecule has 0 radical (unpaired) electrons. The molecule has 7 heteroatoms. The molecule has 0 spiro atoms. The molecule has 4 nitrogen and oxygen atoms in total. The number of rotatable bonds is 5. The highest BCUT2D eigenvalue weighted by atomic mass is 19.4. The Labute approximate surface area is 113 Å². The van der Waals surface area contributed by atoms with Gasteiger partial charge in [0.25, 0.3) is 0 Å². The van der Waals surface area contributed by atoms with Crippen LogP contribution < -0.4 is 10.5 Å². The predicted molar refractivity (Wildman–Crippen MR) is 63.7 cm³/mol. The summed E-state index contributed by atoms with van der Waals surface area (Å²) in [5, 5.41) is 0.